The number of benzene rings is 1. The molecule has 6 heteroatoms. The molecule has 0 spiro atoms. The third kappa shape index (κ3) is 4.14. The van der Waals surface area contributed by atoms with E-state index >= 15 is 0 Å². The zero-order chi connectivity index (χ0) is 21.5. The largest absolute Gasteiger partial charge is 0.496 e. The van der Waals surface area contributed by atoms with Crippen molar-refractivity contribution in [2.75, 3.05) is 7.11 Å². The number of nitrogens with zero attached hydrogens (tertiary/aromatic N) is 4. The van der Waals surface area contributed by atoms with E-state index in [1.165, 1.54) is 0 Å². The first-order valence-corrected chi connectivity index (χ1v) is 10.3. The molecule has 5 aliphatic heterocycles. The van der Waals surface area contributed by atoms with E-state index in [4.69, 9.17) is 19.7 Å². The van der Waals surface area contributed by atoms with Crippen molar-refractivity contribution in [3.8, 4) is 5.75 Å². The van der Waals surface area contributed by atoms with Crippen LogP contribution in [0.2, 0.25) is 0 Å². The molecule has 6 rings (SSSR count). The Morgan fingerprint density at radius 2 is 1.12 bits per heavy atom. The molecule has 0 unspecified atom stereocenters. The van der Waals surface area contributed by atoms with Gasteiger partial charge in [-0.25, -0.2) is 20.0 Å². The van der Waals surface area contributed by atoms with Crippen LogP contribution >= 0.6 is 0 Å². The molecule has 33 heavy (non-hydrogen) atoms. The van der Waals surface area contributed by atoms with E-state index in [0.29, 0.717) is 0 Å². The van der Waals surface area contributed by atoms with Gasteiger partial charge in [0.15, 0.2) is 0 Å². The summed E-state index contributed by atoms with van der Waals surface area (Å²) in [7, 11) is 1.68. The van der Waals surface area contributed by atoms with Crippen LogP contribution in [-0.4, -0.2) is 30.0 Å². The smallest absolute Gasteiger partial charge is 0.126 e. The van der Waals surface area contributed by atoms with Crippen LogP contribution in [0, 0.1) is 0 Å². The zero-order valence-electron chi connectivity index (χ0n) is 17.7. The molecular formula is C27H18CoN4O. The maximum Gasteiger partial charge on any atom is 0.126 e. The average molecular weight is 473 g/mol. The van der Waals surface area contributed by atoms with Crippen LogP contribution in [0.25, 0.3) is 5.57 Å². The van der Waals surface area contributed by atoms with Crippen LogP contribution in [0.1, 0.15) is 5.56 Å². The Morgan fingerprint density at radius 1 is 0.576 bits per heavy atom. The van der Waals surface area contributed by atoms with Gasteiger partial charge in [0.25, 0.3) is 0 Å². The van der Waals surface area contributed by atoms with Crippen LogP contribution in [0.5, 0.6) is 5.75 Å². The molecule has 8 bridgehead atoms. The molecule has 0 saturated carbocycles. The fourth-order valence-corrected chi connectivity index (χ4v) is 3.98. The molecule has 5 nitrogen and oxygen atoms in total. The molecule has 0 N–H and O–H groups in total. The van der Waals surface area contributed by atoms with Gasteiger partial charge >= 0.3 is 0 Å². The van der Waals surface area contributed by atoms with Gasteiger partial charge in [-0.05, 0) is 72.9 Å². The van der Waals surface area contributed by atoms with E-state index in [-0.39, 0.29) is 16.8 Å². The maximum atomic E-state index is 5.61. The number of hydrogen-bond acceptors (Lipinski definition) is 5. The van der Waals surface area contributed by atoms with Crippen molar-refractivity contribution in [3.63, 3.8) is 0 Å². The molecule has 5 aliphatic rings. The standard InChI is InChI=1S/C27H18N4O.Co/c1-32-27-5-3-2-4-24(27)25-15-23-14-21-9-8-19(29-21)12-17-6-7-18(28-17)13-20-10-11-22(30-20)16-26(25)31-23;/h2-16H,1H3;. The second-order valence-electron chi connectivity index (χ2n) is 7.64. The molecule has 0 atom stereocenters. The number of methoxy groups -OCH3 is 1. The SMILES string of the molecule is COc1ccccc1C1=CC2=CC3=NC(=CC4=NC(=CC5=NC(=CC1=N2)C=C5)C=C4)C=C3.[Co]. The molecule has 0 amide bonds. The van der Waals surface area contributed by atoms with Crippen molar-refractivity contribution in [1.82, 2.24) is 0 Å². The van der Waals surface area contributed by atoms with Gasteiger partial charge in [0, 0.05) is 27.9 Å². The van der Waals surface area contributed by atoms with Crippen LogP contribution in [0.15, 0.2) is 134 Å². The molecule has 161 valence electrons. The molecule has 1 aromatic rings. The topological polar surface area (TPSA) is 58.7 Å². The minimum Gasteiger partial charge on any atom is -0.496 e. The summed E-state index contributed by atoms with van der Waals surface area (Å²) in [6.45, 7) is 0. The summed E-state index contributed by atoms with van der Waals surface area (Å²) in [5, 5.41) is 0. The number of hydrogen-bond donors (Lipinski definition) is 0. The first-order valence-electron chi connectivity index (χ1n) is 10.3. The van der Waals surface area contributed by atoms with E-state index in [1.54, 1.807) is 7.11 Å². The summed E-state index contributed by atoms with van der Waals surface area (Å²) >= 11 is 0. The number of rotatable bonds is 2. The molecule has 0 fully saturated rings. The summed E-state index contributed by atoms with van der Waals surface area (Å²) < 4.78 is 5.61. The number of para-hydroxylation sites is 1. The Balaban J connectivity index is 0.00000228. The molecule has 1 radical (unpaired) electrons. The minimum atomic E-state index is 0. The Bertz CT molecular complexity index is 1440. The molecule has 0 aliphatic carbocycles. The van der Waals surface area contributed by atoms with Gasteiger partial charge in [0.1, 0.15) is 5.75 Å². The molecule has 1 aromatic carbocycles. The summed E-state index contributed by atoms with van der Waals surface area (Å²) in [5.74, 6) is 0.803. The van der Waals surface area contributed by atoms with Gasteiger partial charge in [-0.1, -0.05) is 18.2 Å². The van der Waals surface area contributed by atoms with Gasteiger partial charge in [0.05, 0.1) is 52.7 Å². The molecule has 0 aromatic heterocycles. The predicted octanol–water partition coefficient (Wildman–Crippen LogP) is 5.11. The number of fused-ring (bicyclic) bond motifs is 4. The van der Waals surface area contributed by atoms with Gasteiger partial charge in [-0.2, -0.15) is 0 Å². The van der Waals surface area contributed by atoms with Crippen molar-refractivity contribution in [3.05, 3.63) is 119 Å². The zero-order valence-corrected chi connectivity index (χ0v) is 18.7. The van der Waals surface area contributed by atoms with Crippen molar-refractivity contribution in [2.24, 2.45) is 20.0 Å². The summed E-state index contributed by atoms with van der Waals surface area (Å²) in [6.07, 6.45) is 22.0. The van der Waals surface area contributed by atoms with E-state index in [0.717, 1.165) is 62.5 Å². The maximum absolute atomic E-state index is 5.61. The Kier molecular flexibility index (Phi) is 5.46. The monoisotopic (exact) mass is 473 g/mol. The quantitative estimate of drug-likeness (QED) is 0.589. The minimum absolute atomic E-state index is 0. The van der Waals surface area contributed by atoms with Gasteiger partial charge < -0.3 is 4.74 Å². The number of allylic oxidation sites excluding steroid dienone is 12. The van der Waals surface area contributed by atoms with Gasteiger partial charge in [0.2, 0.25) is 0 Å². The van der Waals surface area contributed by atoms with Crippen molar-refractivity contribution < 1.29 is 21.5 Å². The normalized spacial score (nSPS) is 19.5. The third-order valence-corrected chi connectivity index (χ3v) is 5.44. The second-order valence-corrected chi connectivity index (χ2v) is 7.64. The third-order valence-electron chi connectivity index (χ3n) is 5.44. The number of ether oxygens (including phenoxy) is 1. The van der Waals surface area contributed by atoms with Crippen LogP contribution < -0.4 is 4.74 Å². The summed E-state index contributed by atoms with van der Waals surface area (Å²) in [5.41, 5.74) is 8.82. The average Bonchev–Trinajstić information content (AvgIpc) is 3.59. The first-order chi connectivity index (χ1) is 15.7. The molecular weight excluding hydrogens is 455 g/mol. The van der Waals surface area contributed by atoms with E-state index < -0.39 is 0 Å². The fraction of sp³-hybridized carbons (Fsp3) is 0.0370. The Hall–Kier alpha value is -3.87. The van der Waals surface area contributed by atoms with Crippen LogP contribution in [0.3, 0.4) is 0 Å². The second kappa shape index (κ2) is 8.58. The van der Waals surface area contributed by atoms with Crippen LogP contribution in [-0.2, 0) is 16.8 Å². The predicted molar refractivity (Wildman–Crippen MR) is 130 cm³/mol. The molecule has 5 heterocycles. The Morgan fingerprint density at radius 3 is 1.73 bits per heavy atom. The van der Waals surface area contributed by atoms with E-state index in [1.807, 2.05) is 85.0 Å². The fourth-order valence-electron chi connectivity index (χ4n) is 3.98. The first kappa shape index (κ1) is 21.0. The summed E-state index contributed by atoms with van der Waals surface area (Å²) in [4.78, 5) is 19.0. The molecule has 0 saturated heterocycles. The summed E-state index contributed by atoms with van der Waals surface area (Å²) in [6, 6.07) is 7.97. The van der Waals surface area contributed by atoms with E-state index in [2.05, 4.69) is 11.1 Å². The van der Waals surface area contributed by atoms with Crippen molar-refractivity contribution in [1.29, 1.82) is 0 Å². The number of aliphatic imine (C=N–C) groups is 4. The van der Waals surface area contributed by atoms with Crippen molar-refractivity contribution >= 4 is 28.4 Å². The van der Waals surface area contributed by atoms with Gasteiger partial charge in [-0.15, -0.1) is 0 Å². The van der Waals surface area contributed by atoms with Gasteiger partial charge in [-0.3, -0.25) is 0 Å². The van der Waals surface area contributed by atoms with Crippen LogP contribution in [0.4, 0.5) is 0 Å². The van der Waals surface area contributed by atoms with Crippen molar-refractivity contribution in [2.45, 2.75) is 0 Å². The Labute approximate surface area is 202 Å². The van der Waals surface area contributed by atoms with E-state index in [9.17, 15) is 0 Å².